The Kier molecular flexibility index (Phi) is 4.13. The molecular formula is C21H19F2N3O. The van der Waals surface area contributed by atoms with E-state index in [1.165, 1.54) is 30.5 Å². The van der Waals surface area contributed by atoms with Gasteiger partial charge in [0.15, 0.2) is 17.4 Å². The topological polar surface area (TPSA) is 54.4 Å². The fraction of sp³-hybridized carbons (Fsp3) is 0.286. The van der Waals surface area contributed by atoms with Gasteiger partial charge in [-0.3, -0.25) is 9.79 Å². The minimum absolute atomic E-state index is 0.00682. The van der Waals surface area contributed by atoms with E-state index in [9.17, 15) is 13.6 Å². The Morgan fingerprint density at radius 2 is 1.85 bits per heavy atom. The third-order valence-corrected chi connectivity index (χ3v) is 4.89. The maximum Gasteiger partial charge on any atom is 0.163 e. The van der Waals surface area contributed by atoms with Crippen LogP contribution in [0, 0.1) is 17.0 Å². The first-order valence-corrected chi connectivity index (χ1v) is 8.81. The smallest absolute Gasteiger partial charge is 0.163 e. The van der Waals surface area contributed by atoms with E-state index >= 15 is 0 Å². The lowest BCUT2D eigenvalue weighted by atomic mass is 9.73. The summed E-state index contributed by atoms with van der Waals surface area (Å²) < 4.78 is 27.7. The molecule has 1 aromatic carbocycles. The van der Waals surface area contributed by atoms with Gasteiger partial charge in [-0.1, -0.05) is 26.0 Å². The second kappa shape index (κ2) is 6.37. The Bertz CT molecular complexity index is 977. The highest BCUT2D eigenvalue weighted by molar-refractivity contribution is 6.05. The standard InChI is InChI=1S/C21H19F2N3O/c1-21(2)10-15-17(16(27)11-21)18(12-5-7-13(22)8-6-12)26-20(25-15)19-14(23)4-3-9-24-19/h3-9,18H,10-11H2,1-2H3,(H,25,26). The van der Waals surface area contributed by atoms with Gasteiger partial charge in [-0.05, 0) is 41.7 Å². The molecule has 1 aliphatic heterocycles. The van der Waals surface area contributed by atoms with E-state index < -0.39 is 11.9 Å². The highest BCUT2D eigenvalue weighted by atomic mass is 19.1. The molecule has 4 rings (SSSR count). The lowest BCUT2D eigenvalue weighted by molar-refractivity contribution is -0.118. The SMILES string of the molecule is CC1(C)CC(=O)C2=C(C1)NC(c1ncccc1F)=NC2c1ccc(F)cc1. The van der Waals surface area contributed by atoms with E-state index in [0.29, 0.717) is 24.0 Å². The van der Waals surface area contributed by atoms with Crippen LogP contribution in [0.5, 0.6) is 0 Å². The van der Waals surface area contributed by atoms with Crippen LogP contribution in [0.1, 0.15) is 44.0 Å². The first-order valence-electron chi connectivity index (χ1n) is 8.81. The molecule has 1 N–H and O–H groups in total. The summed E-state index contributed by atoms with van der Waals surface area (Å²) in [5.74, 6) is -0.566. The van der Waals surface area contributed by atoms with Crippen molar-refractivity contribution in [3.63, 3.8) is 0 Å². The number of hydrogen-bond donors (Lipinski definition) is 1. The van der Waals surface area contributed by atoms with Crippen LogP contribution in [0.3, 0.4) is 0 Å². The number of halogens is 2. The van der Waals surface area contributed by atoms with E-state index in [1.54, 1.807) is 12.1 Å². The number of carbonyl (C=O) groups excluding carboxylic acids is 1. The van der Waals surface area contributed by atoms with Gasteiger partial charge in [0.1, 0.15) is 17.6 Å². The first kappa shape index (κ1) is 17.5. The normalized spacial score (nSPS) is 21.4. The fourth-order valence-electron chi connectivity index (χ4n) is 3.70. The summed E-state index contributed by atoms with van der Waals surface area (Å²) in [6.45, 7) is 4.05. The Morgan fingerprint density at radius 3 is 2.56 bits per heavy atom. The van der Waals surface area contributed by atoms with Crippen molar-refractivity contribution < 1.29 is 13.6 Å². The van der Waals surface area contributed by atoms with E-state index in [0.717, 1.165) is 5.70 Å². The molecular weight excluding hydrogens is 348 g/mol. The highest BCUT2D eigenvalue weighted by Crippen LogP contribution is 2.43. The van der Waals surface area contributed by atoms with E-state index in [-0.39, 0.29) is 28.5 Å². The molecule has 0 amide bonds. The monoisotopic (exact) mass is 367 g/mol. The molecule has 1 unspecified atom stereocenters. The van der Waals surface area contributed by atoms with Crippen LogP contribution in [0.2, 0.25) is 0 Å². The molecule has 27 heavy (non-hydrogen) atoms. The average molecular weight is 367 g/mol. The van der Waals surface area contributed by atoms with Crippen LogP contribution >= 0.6 is 0 Å². The zero-order valence-electron chi connectivity index (χ0n) is 15.1. The van der Waals surface area contributed by atoms with E-state index in [4.69, 9.17) is 0 Å². The summed E-state index contributed by atoms with van der Waals surface area (Å²) in [4.78, 5) is 21.6. The summed E-state index contributed by atoms with van der Waals surface area (Å²) in [5, 5.41) is 3.14. The Labute approximate surface area is 156 Å². The van der Waals surface area contributed by atoms with Gasteiger partial charge in [0.05, 0.1) is 0 Å². The van der Waals surface area contributed by atoms with E-state index in [2.05, 4.69) is 15.3 Å². The molecule has 1 atom stereocenters. The molecule has 138 valence electrons. The number of nitrogens with zero attached hydrogens (tertiary/aromatic N) is 2. The number of allylic oxidation sites excluding steroid dienone is 1. The van der Waals surface area contributed by atoms with Crippen LogP contribution in [-0.2, 0) is 4.79 Å². The number of ketones is 1. The second-order valence-corrected chi connectivity index (χ2v) is 7.72. The third kappa shape index (κ3) is 3.27. The van der Waals surface area contributed by atoms with Crippen molar-refractivity contribution in [3.05, 3.63) is 76.8 Å². The largest absolute Gasteiger partial charge is 0.342 e. The average Bonchev–Trinajstić information content (AvgIpc) is 2.60. The number of carbonyl (C=O) groups is 1. The zero-order chi connectivity index (χ0) is 19.2. The molecule has 2 aromatic rings. The number of Topliss-reactive ketones (excluding diaryl/α,β-unsaturated/α-hetero) is 1. The van der Waals surface area contributed by atoms with Crippen molar-refractivity contribution in [2.45, 2.75) is 32.7 Å². The van der Waals surface area contributed by atoms with Gasteiger partial charge in [0.2, 0.25) is 0 Å². The molecule has 2 heterocycles. The van der Waals surface area contributed by atoms with Crippen molar-refractivity contribution in [3.8, 4) is 0 Å². The summed E-state index contributed by atoms with van der Waals surface area (Å²) >= 11 is 0. The minimum atomic E-state index is -0.609. The van der Waals surface area contributed by atoms with Crippen molar-refractivity contribution in [2.24, 2.45) is 10.4 Å². The lowest BCUT2D eigenvalue weighted by Gasteiger charge is -2.37. The predicted octanol–water partition coefficient (Wildman–Crippen LogP) is 4.09. The van der Waals surface area contributed by atoms with Gasteiger partial charge >= 0.3 is 0 Å². The number of aromatic nitrogens is 1. The van der Waals surface area contributed by atoms with Crippen molar-refractivity contribution >= 4 is 11.6 Å². The first-order chi connectivity index (χ1) is 12.8. The molecule has 2 aliphatic rings. The number of aliphatic imine (C=N–C) groups is 1. The van der Waals surface area contributed by atoms with Crippen LogP contribution in [0.4, 0.5) is 8.78 Å². The maximum absolute atomic E-state index is 14.3. The van der Waals surface area contributed by atoms with Crippen LogP contribution < -0.4 is 5.32 Å². The summed E-state index contributed by atoms with van der Waals surface area (Å²) in [7, 11) is 0. The number of pyridine rings is 1. The van der Waals surface area contributed by atoms with Gasteiger partial charge in [-0.15, -0.1) is 0 Å². The summed E-state index contributed by atoms with van der Waals surface area (Å²) in [5.41, 5.74) is 1.89. The molecule has 0 radical (unpaired) electrons. The number of amidine groups is 1. The van der Waals surface area contributed by atoms with Gasteiger partial charge < -0.3 is 5.32 Å². The zero-order valence-corrected chi connectivity index (χ0v) is 15.1. The van der Waals surface area contributed by atoms with Crippen molar-refractivity contribution in [1.82, 2.24) is 10.3 Å². The minimum Gasteiger partial charge on any atom is -0.342 e. The molecule has 6 heteroatoms. The predicted molar refractivity (Wildman–Crippen MR) is 98.1 cm³/mol. The van der Waals surface area contributed by atoms with Crippen LogP contribution in [0.15, 0.2) is 58.9 Å². The molecule has 0 bridgehead atoms. The highest BCUT2D eigenvalue weighted by Gasteiger charge is 2.39. The van der Waals surface area contributed by atoms with E-state index in [1.807, 2.05) is 13.8 Å². The van der Waals surface area contributed by atoms with Gasteiger partial charge in [-0.2, -0.15) is 0 Å². The number of nitrogens with one attached hydrogen (secondary N) is 1. The summed E-state index contributed by atoms with van der Waals surface area (Å²) in [6, 6.07) is 8.12. The quantitative estimate of drug-likeness (QED) is 0.870. The molecule has 0 saturated heterocycles. The summed E-state index contributed by atoms with van der Waals surface area (Å²) in [6.07, 6.45) is 2.54. The number of benzene rings is 1. The number of rotatable bonds is 2. The molecule has 1 aliphatic carbocycles. The Morgan fingerprint density at radius 1 is 1.11 bits per heavy atom. The Hall–Kier alpha value is -2.89. The third-order valence-electron chi connectivity index (χ3n) is 4.89. The van der Waals surface area contributed by atoms with Crippen molar-refractivity contribution in [2.75, 3.05) is 0 Å². The molecule has 1 aromatic heterocycles. The molecule has 0 fully saturated rings. The molecule has 0 saturated carbocycles. The van der Waals surface area contributed by atoms with Crippen molar-refractivity contribution in [1.29, 1.82) is 0 Å². The van der Waals surface area contributed by atoms with Crippen LogP contribution in [-0.4, -0.2) is 16.6 Å². The molecule has 0 spiro atoms. The maximum atomic E-state index is 14.3. The lowest BCUT2D eigenvalue weighted by Crippen LogP contribution is -2.40. The van der Waals surface area contributed by atoms with Gasteiger partial charge in [0.25, 0.3) is 0 Å². The van der Waals surface area contributed by atoms with Gasteiger partial charge in [0, 0.05) is 23.9 Å². The Balaban J connectivity index is 1.86. The van der Waals surface area contributed by atoms with Gasteiger partial charge in [-0.25, -0.2) is 13.8 Å². The van der Waals surface area contributed by atoms with Crippen LogP contribution in [0.25, 0.3) is 0 Å². The molecule has 4 nitrogen and oxygen atoms in total. The number of hydrogen-bond acceptors (Lipinski definition) is 4. The second-order valence-electron chi connectivity index (χ2n) is 7.72. The fourth-order valence-corrected chi connectivity index (χ4v) is 3.70.